The van der Waals surface area contributed by atoms with Crippen molar-refractivity contribution in [3.63, 3.8) is 0 Å². The topological polar surface area (TPSA) is 58.2 Å². The second kappa shape index (κ2) is 6.25. The normalized spacial score (nSPS) is 10.1. The van der Waals surface area contributed by atoms with Crippen molar-refractivity contribution in [3.8, 4) is 0 Å². The molecule has 0 heterocycles. The van der Waals surface area contributed by atoms with Crippen molar-refractivity contribution in [3.05, 3.63) is 34.9 Å². The molecular weight excluding hydrogens is 240 g/mol. The van der Waals surface area contributed by atoms with Crippen molar-refractivity contribution in [1.29, 1.82) is 0 Å². The molecule has 5 heteroatoms. The lowest BCUT2D eigenvalue weighted by atomic mass is 10.2. The molecule has 2 amide bonds. The van der Waals surface area contributed by atoms with Crippen molar-refractivity contribution in [1.82, 2.24) is 10.6 Å². The molecule has 1 rings (SSSR count). The molecule has 0 aliphatic heterocycles. The van der Waals surface area contributed by atoms with Gasteiger partial charge in [0.25, 0.3) is 0 Å². The predicted octanol–water partition coefficient (Wildman–Crippen LogP) is 1.48. The zero-order valence-electron chi connectivity index (χ0n) is 9.79. The second-order valence-electron chi connectivity index (χ2n) is 3.90. The third kappa shape index (κ3) is 4.44. The summed E-state index contributed by atoms with van der Waals surface area (Å²) in [5, 5.41) is 5.59. The van der Waals surface area contributed by atoms with Crippen LogP contribution in [0.1, 0.15) is 19.4 Å². The summed E-state index contributed by atoms with van der Waals surface area (Å²) in [4.78, 5) is 22.7. The van der Waals surface area contributed by atoms with Gasteiger partial charge in [-0.3, -0.25) is 9.59 Å². The number of carbonyl (C=O) groups excluding carboxylic acids is 2. The van der Waals surface area contributed by atoms with E-state index in [-0.39, 0.29) is 12.6 Å². The second-order valence-corrected chi connectivity index (χ2v) is 4.31. The molecule has 2 N–H and O–H groups in total. The summed E-state index contributed by atoms with van der Waals surface area (Å²) in [6.45, 7) is 3.82. The van der Waals surface area contributed by atoms with E-state index in [2.05, 4.69) is 10.6 Å². The minimum Gasteiger partial charge on any atom is -0.346 e. The summed E-state index contributed by atoms with van der Waals surface area (Å²) < 4.78 is 0. The maximum atomic E-state index is 11.4. The Bertz CT molecular complexity index is 419. The van der Waals surface area contributed by atoms with E-state index < -0.39 is 11.8 Å². The number of carbonyl (C=O) groups is 2. The quantitative estimate of drug-likeness (QED) is 0.803. The van der Waals surface area contributed by atoms with Crippen LogP contribution in [0.25, 0.3) is 0 Å². The number of halogens is 1. The van der Waals surface area contributed by atoms with E-state index in [0.717, 1.165) is 5.56 Å². The molecule has 0 saturated heterocycles. The van der Waals surface area contributed by atoms with Crippen LogP contribution in [0.2, 0.25) is 5.02 Å². The number of rotatable bonds is 3. The molecule has 17 heavy (non-hydrogen) atoms. The first-order chi connectivity index (χ1) is 8.00. The fraction of sp³-hybridized carbons (Fsp3) is 0.333. The van der Waals surface area contributed by atoms with Crippen LogP contribution in [0.3, 0.4) is 0 Å². The molecule has 0 atom stereocenters. The molecule has 0 spiro atoms. The van der Waals surface area contributed by atoms with Crippen LogP contribution in [-0.2, 0) is 16.1 Å². The maximum absolute atomic E-state index is 11.4. The Morgan fingerprint density at radius 3 is 2.47 bits per heavy atom. The Labute approximate surface area is 105 Å². The molecule has 0 saturated carbocycles. The van der Waals surface area contributed by atoms with E-state index in [9.17, 15) is 9.59 Å². The fourth-order valence-corrected chi connectivity index (χ4v) is 1.43. The Hall–Kier alpha value is -1.55. The summed E-state index contributed by atoms with van der Waals surface area (Å²) >= 11 is 5.92. The fourth-order valence-electron chi connectivity index (χ4n) is 1.23. The smallest absolute Gasteiger partial charge is 0.309 e. The molecular formula is C12H15ClN2O2. The first kappa shape index (κ1) is 13.5. The molecule has 0 fully saturated rings. The average Bonchev–Trinajstić information content (AvgIpc) is 2.26. The molecule has 0 unspecified atom stereocenters. The van der Waals surface area contributed by atoms with Gasteiger partial charge in [0, 0.05) is 17.6 Å². The lowest BCUT2D eigenvalue weighted by Gasteiger charge is -2.09. The van der Waals surface area contributed by atoms with Gasteiger partial charge in [-0.25, -0.2) is 0 Å². The highest BCUT2D eigenvalue weighted by atomic mass is 35.5. The number of benzene rings is 1. The Morgan fingerprint density at radius 1 is 1.24 bits per heavy atom. The summed E-state index contributed by atoms with van der Waals surface area (Å²) in [7, 11) is 0. The van der Waals surface area contributed by atoms with Crippen LogP contribution in [0.5, 0.6) is 0 Å². The molecule has 0 aliphatic carbocycles. The SMILES string of the molecule is CC(C)NC(=O)C(=O)NCc1ccccc1Cl. The highest BCUT2D eigenvalue weighted by Gasteiger charge is 2.13. The number of amides is 2. The zero-order chi connectivity index (χ0) is 12.8. The van der Waals surface area contributed by atoms with Crippen molar-refractivity contribution < 1.29 is 9.59 Å². The van der Waals surface area contributed by atoms with E-state index in [1.807, 2.05) is 6.07 Å². The number of hydrogen-bond donors (Lipinski definition) is 2. The van der Waals surface area contributed by atoms with Crippen LogP contribution >= 0.6 is 11.6 Å². The standard InChI is InChI=1S/C12H15ClN2O2/c1-8(2)15-12(17)11(16)14-7-9-5-3-4-6-10(9)13/h3-6,8H,7H2,1-2H3,(H,14,16)(H,15,17). The largest absolute Gasteiger partial charge is 0.346 e. The van der Waals surface area contributed by atoms with Gasteiger partial charge in [0.05, 0.1) is 0 Å². The van der Waals surface area contributed by atoms with Gasteiger partial charge in [0.15, 0.2) is 0 Å². The van der Waals surface area contributed by atoms with Gasteiger partial charge in [0.2, 0.25) is 0 Å². The third-order valence-corrected chi connectivity index (χ3v) is 2.39. The lowest BCUT2D eigenvalue weighted by Crippen LogP contribution is -2.42. The van der Waals surface area contributed by atoms with Crippen molar-refractivity contribution in [2.24, 2.45) is 0 Å². The average molecular weight is 255 g/mol. The third-order valence-electron chi connectivity index (χ3n) is 2.02. The first-order valence-electron chi connectivity index (χ1n) is 5.33. The van der Waals surface area contributed by atoms with Gasteiger partial charge in [-0.05, 0) is 25.5 Å². The number of nitrogens with one attached hydrogen (secondary N) is 2. The van der Waals surface area contributed by atoms with Gasteiger partial charge in [-0.15, -0.1) is 0 Å². The molecule has 0 aromatic heterocycles. The van der Waals surface area contributed by atoms with E-state index in [0.29, 0.717) is 5.02 Å². The van der Waals surface area contributed by atoms with Gasteiger partial charge in [-0.2, -0.15) is 0 Å². The van der Waals surface area contributed by atoms with Crippen LogP contribution in [0.15, 0.2) is 24.3 Å². The van der Waals surface area contributed by atoms with Gasteiger partial charge in [-0.1, -0.05) is 29.8 Å². The molecule has 0 aliphatic rings. The minimum atomic E-state index is -0.654. The van der Waals surface area contributed by atoms with Gasteiger partial charge in [0.1, 0.15) is 0 Å². The monoisotopic (exact) mass is 254 g/mol. The van der Waals surface area contributed by atoms with Crippen LogP contribution in [-0.4, -0.2) is 17.9 Å². The van der Waals surface area contributed by atoms with Gasteiger partial charge >= 0.3 is 11.8 Å². The molecule has 4 nitrogen and oxygen atoms in total. The summed E-state index contributed by atoms with van der Waals surface area (Å²) in [5.74, 6) is -1.29. The van der Waals surface area contributed by atoms with Crippen LogP contribution in [0, 0.1) is 0 Å². The van der Waals surface area contributed by atoms with E-state index >= 15 is 0 Å². The van der Waals surface area contributed by atoms with E-state index in [4.69, 9.17) is 11.6 Å². The van der Waals surface area contributed by atoms with Crippen LogP contribution < -0.4 is 10.6 Å². The molecule has 0 bridgehead atoms. The number of hydrogen-bond acceptors (Lipinski definition) is 2. The first-order valence-corrected chi connectivity index (χ1v) is 5.70. The Morgan fingerprint density at radius 2 is 1.88 bits per heavy atom. The molecule has 1 aromatic carbocycles. The Kier molecular flexibility index (Phi) is 4.97. The zero-order valence-corrected chi connectivity index (χ0v) is 10.5. The summed E-state index contributed by atoms with van der Waals surface area (Å²) in [6.07, 6.45) is 0. The lowest BCUT2D eigenvalue weighted by molar-refractivity contribution is -0.139. The van der Waals surface area contributed by atoms with Crippen molar-refractivity contribution in [2.75, 3.05) is 0 Å². The predicted molar refractivity (Wildman–Crippen MR) is 66.6 cm³/mol. The van der Waals surface area contributed by atoms with E-state index in [1.54, 1.807) is 32.0 Å². The maximum Gasteiger partial charge on any atom is 0.309 e. The summed E-state index contributed by atoms with van der Waals surface area (Å²) in [5.41, 5.74) is 0.778. The van der Waals surface area contributed by atoms with Crippen LogP contribution in [0.4, 0.5) is 0 Å². The molecule has 0 radical (unpaired) electrons. The molecule has 92 valence electrons. The Balaban J connectivity index is 2.49. The minimum absolute atomic E-state index is 0.0615. The highest BCUT2D eigenvalue weighted by Crippen LogP contribution is 2.14. The molecule has 1 aromatic rings. The highest BCUT2D eigenvalue weighted by molar-refractivity contribution is 6.35. The van der Waals surface area contributed by atoms with Crippen molar-refractivity contribution >= 4 is 23.4 Å². The van der Waals surface area contributed by atoms with Crippen molar-refractivity contribution in [2.45, 2.75) is 26.4 Å². The van der Waals surface area contributed by atoms with E-state index in [1.165, 1.54) is 0 Å². The van der Waals surface area contributed by atoms with Gasteiger partial charge < -0.3 is 10.6 Å². The summed E-state index contributed by atoms with van der Waals surface area (Å²) in [6, 6.07) is 7.09.